The first-order valence-electron chi connectivity index (χ1n) is 8.03. The fourth-order valence-corrected chi connectivity index (χ4v) is 3.05. The summed E-state index contributed by atoms with van der Waals surface area (Å²) in [5.74, 6) is -1.32. The zero-order valence-electron chi connectivity index (χ0n) is 13.7. The number of amides is 1. The van der Waals surface area contributed by atoms with Crippen LogP contribution in [0.2, 0.25) is 0 Å². The number of carbonyl (C=O) groups excluding carboxylic acids is 1. The van der Waals surface area contributed by atoms with Gasteiger partial charge >= 0.3 is 12.1 Å². The van der Waals surface area contributed by atoms with Gasteiger partial charge in [0.05, 0.1) is 17.5 Å². The number of carboxylic acid groups (broad SMARTS) is 1. The third-order valence-electron chi connectivity index (χ3n) is 4.43. The average molecular weight is 363 g/mol. The van der Waals surface area contributed by atoms with E-state index in [2.05, 4.69) is 0 Å². The smallest absolute Gasteiger partial charge is 0.416 e. The summed E-state index contributed by atoms with van der Waals surface area (Å²) in [6.07, 6.45) is -3.99. The Bertz CT molecular complexity index is 861. The normalized spacial score (nSPS) is 14.0. The number of nitrogens with zero attached hydrogens (tertiary/aromatic N) is 1. The highest BCUT2D eigenvalue weighted by Gasteiger charge is 2.30. The van der Waals surface area contributed by atoms with E-state index in [1.54, 1.807) is 17.0 Å². The van der Waals surface area contributed by atoms with Gasteiger partial charge in [0, 0.05) is 13.1 Å². The van der Waals surface area contributed by atoms with Crippen LogP contribution in [-0.4, -0.2) is 28.4 Å². The minimum absolute atomic E-state index is 0.127. The van der Waals surface area contributed by atoms with Gasteiger partial charge in [-0.05, 0) is 41.3 Å². The van der Waals surface area contributed by atoms with Crippen LogP contribution < -0.4 is 0 Å². The van der Waals surface area contributed by atoms with E-state index in [9.17, 15) is 22.8 Å². The summed E-state index contributed by atoms with van der Waals surface area (Å²) in [6, 6.07) is 9.55. The fraction of sp³-hybridized carbons (Fsp3) is 0.263. The molecule has 0 fully saturated rings. The molecule has 0 radical (unpaired) electrons. The van der Waals surface area contributed by atoms with E-state index in [0.29, 0.717) is 18.5 Å². The van der Waals surface area contributed by atoms with E-state index in [1.165, 1.54) is 18.2 Å². The quantitative estimate of drug-likeness (QED) is 0.908. The zero-order chi connectivity index (χ0) is 18.9. The lowest BCUT2D eigenvalue weighted by atomic mass is 9.97. The van der Waals surface area contributed by atoms with Gasteiger partial charge in [-0.15, -0.1) is 0 Å². The first-order chi connectivity index (χ1) is 12.2. The van der Waals surface area contributed by atoms with Crippen LogP contribution in [-0.2, 0) is 30.4 Å². The molecule has 2 aromatic carbocycles. The van der Waals surface area contributed by atoms with Crippen molar-refractivity contribution in [3.8, 4) is 0 Å². The highest BCUT2D eigenvalue weighted by molar-refractivity contribution is 5.88. The lowest BCUT2D eigenvalue weighted by Gasteiger charge is -2.29. The second kappa shape index (κ2) is 6.82. The molecule has 26 heavy (non-hydrogen) atoms. The maximum Gasteiger partial charge on any atom is 0.416 e. The third-order valence-corrected chi connectivity index (χ3v) is 4.43. The summed E-state index contributed by atoms with van der Waals surface area (Å²) in [7, 11) is 0. The number of aromatic carboxylic acids is 1. The molecule has 0 saturated carbocycles. The summed E-state index contributed by atoms with van der Waals surface area (Å²) in [6.45, 7) is 0.714. The van der Waals surface area contributed by atoms with Gasteiger partial charge in [-0.3, -0.25) is 4.79 Å². The summed E-state index contributed by atoms with van der Waals surface area (Å²) >= 11 is 0. The fourth-order valence-electron chi connectivity index (χ4n) is 3.05. The molecule has 1 aliphatic heterocycles. The van der Waals surface area contributed by atoms with Crippen molar-refractivity contribution in [3.63, 3.8) is 0 Å². The van der Waals surface area contributed by atoms with Crippen molar-refractivity contribution >= 4 is 11.9 Å². The van der Waals surface area contributed by atoms with Crippen LogP contribution in [0.3, 0.4) is 0 Å². The molecule has 2 aromatic rings. The van der Waals surface area contributed by atoms with E-state index in [0.717, 1.165) is 23.3 Å². The Kier molecular flexibility index (Phi) is 4.71. The van der Waals surface area contributed by atoms with E-state index >= 15 is 0 Å². The van der Waals surface area contributed by atoms with Gasteiger partial charge in [0.15, 0.2) is 0 Å². The lowest BCUT2D eigenvalue weighted by Crippen LogP contribution is -2.37. The van der Waals surface area contributed by atoms with Gasteiger partial charge in [-0.1, -0.05) is 24.3 Å². The second-order valence-electron chi connectivity index (χ2n) is 6.23. The first kappa shape index (κ1) is 18.0. The molecule has 1 aliphatic rings. The maximum atomic E-state index is 12.8. The zero-order valence-corrected chi connectivity index (χ0v) is 13.7. The van der Waals surface area contributed by atoms with Crippen LogP contribution in [0.25, 0.3) is 0 Å². The van der Waals surface area contributed by atoms with Gasteiger partial charge in [0.25, 0.3) is 0 Å². The van der Waals surface area contributed by atoms with Crippen LogP contribution in [0.4, 0.5) is 13.2 Å². The Balaban J connectivity index is 1.74. The van der Waals surface area contributed by atoms with Crippen LogP contribution in [0.5, 0.6) is 0 Å². The van der Waals surface area contributed by atoms with Crippen molar-refractivity contribution in [1.82, 2.24) is 4.90 Å². The van der Waals surface area contributed by atoms with Crippen LogP contribution in [0, 0.1) is 0 Å². The molecule has 0 atom stereocenters. The molecule has 1 heterocycles. The SMILES string of the molecule is O=C(O)c1ccc2c(c1)CN(C(=O)Cc1cccc(C(F)(F)F)c1)CC2. The third kappa shape index (κ3) is 3.87. The van der Waals surface area contributed by atoms with Gasteiger partial charge in [0.2, 0.25) is 5.91 Å². The Hall–Kier alpha value is -2.83. The topological polar surface area (TPSA) is 57.6 Å². The maximum absolute atomic E-state index is 12.8. The molecule has 4 nitrogen and oxygen atoms in total. The molecule has 0 unspecified atom stereocenters. The molecule has 0 aromatic heterocycles. The predicted octanol–water partition coefficient (Wildman–Crippen LogP) is 3.53. The number of benzene rings is 2. The summed E-state index contributed by atoms with van der Waals surface area (Å²) < 4.78 is 38.4. The minimum atomic E-state index is -4.45. The number of halogens is 3. The van der Waals surface area contributed by atoms with E-state index < -0.39 is 17.7 Å². The van der Waals surface area contributed by atoms with Gasteiger partial charge in [0.1, 0.15) is 0 Å². The van der Waals surface area contributed by atoms with E-state index in [-0.39, 0.29) is 24.4 Å². The van der Waals surface area contributed by atoms with Crippen molar-refractivity contribution in [2.24, 2.45) is 0 Å². The molecule has 0 spiro atoms. The highest BCUT2D eigenvalue weighted by atomic mass is 19.4. The van der Waals surface area contributed by atoms with Crippen LogP contribution in [0.1, 0.15) is 32.6 Å². The second-order valence-corrected chi connectivity index (χ2v) is 6.23. The monoisotopic (exact) mass is 363 g/mol. The van der Waals surface area contributed by atoms with Crippen molar-refractivity contribution in [2.75, 3.05) is 6.54 Å². The van der Waals surface area contributed by atoms with Crippen LogP contribution >= 0.6 is 0 Å². The average Bonchev–Trinajstić information content (AvgIpc) is 2.60. The Morgan fingerprint density at radius 1 is 1.08 bits per heavy atom. The molecule has 0 bridgehead atoms. The van der Waals surface area contributed by atoms with Gasteiger partial charge in [-0.25, -0.2) is 4.79 Å². The number of alkyl halides is 3. The Labute approximate surface area is 147 Å². The number of rotatable bonds is 3. The Morgan fingerprint density at radius 3 is 2.54 bits per heavy atom. The molecular weight excluding hydrogens is 347 g/mol. The minimum Gasteiger partial charge on any atom is -0.478 e. The van der Waals surface area contributed by atoms with Crippen LogP contribution in [0.15, 0.2) is 42.5 Å². The van der Waals surface area contributed by atoms with Crippen molar-refractivity contribution in [3.05, 3.63) is 70.3 Å². The summed E-state index contributed by atoms with van der Waals surface area (Å²) in [4.78, 5) is 25.1. The summed E-state index contributed by atoms with van der Waals surface area (Å²) in [5, 5.41) is 9.08. The number of hydrogen-bond donors (Lipinski definition) is 1. The number of carboxylic acids is 1. The molecular formula is C19H16F3NO3. The highest BCUT2D eigenvalue weighted by Crippen LogP contribution is 2.30. The number of fused-ring (bicyclic) bond motifs is 1. The number of carbonyl (C=O) groups is 2. The molecule has 3 rings (SSSR count). The lowest BCUT2D eigenvalue weighted by molar-refractivity contribution is -0.138. The molecule has 1 amide bonds. The number of hydrogen-bond acceptors (Lipinski definition) is 2. The van der Waals surface area contributed by atoms with Gasteiger partial charge in [-0.2, -0.15) is 13.2 Å². The van der Waals surface area contributed by atoms with Crippen molar-refractivity contribution in [2.45, 2.75) is 25.6 Å². The largest absolute Gasteiger partial charge is 0.478 e. The van der Waals surface area contributed by atoms with E-state index in [1.807, 2.05) is 0 Å². The van der Waals surface area contributed by atoms with E-state index in [4.69, 9.17) is 5.11 Å². The molecule has 136 valence electrons. The Morgan fingerprint density at radius 2 is 1.85 bits per heavy atom. The van der Waals surface area contributed by atoms with Gasteiger partial charge < -0.3 is 10.0 Å². The first-order valence-corrected chi connectivity index (χ1v) is 8.03. The summed E-state index contributed by atoms with van der Waals surface area (Å²) in [5.41, 5.74) is 1.41. The molecule has 0 saturated heterocycles. The molecule has 7 heteroatoms. The molecule has 0 aliphatic carbocycles. The van der Waals surface area contributed by atoms with Crippen molar-refractivity contribution < 1.29 is 27.9 Å². The standard InChI is InChI=1S/C19H16F3NO3/c20-19(21,22)16-3-1-2-12(8-16)9-17(24)23-7-6-13-4-5-14(18(25)26)10-15(13)11-23/h1-5,8,10H,6-7,9,11H2,(H,25,26). The predicted molar refractivity (Wildman–Crippen MR) is 87.7 cm³/mol. The van der Waals surface area contributed by atoms with Crippen molar-refractivity contribution in [1.29, 1.82) is 0 Å². The molecule has 1 N–H and O–H groups in total.